The molecule has 0 unspecified atom stereocenters. The van der Waals surface area contributed by atoms with E-state index in [9.17, 15) is 9.59 Å². The number of rotatable bonds is 9. The molecule has 0 aliphatic carbocycles. The zero-order chi connectivity index (χ0) is 21.6. The molecule has 0 radical (unpaired) electrons. The fourth-order valence-electron chi connectivity index (χ4n) is 4.33. The molecule has 3 N–H and O–H groups in total. The number of fused-ring (bicyclic) bond motifs is 1. The normalized spacial score (nSPS) is 23.0. The molecule has 2 aliphatic heterocycles. The van der Waals surface area contributed by atoms with Crippen LogP contribution in [0.3, 0.4) is 0 Å². The van der Waals surface area contributed by atoms with Gasteiger partial charge in [0.1, 0.15) is 0 Å². The van der Waals surface area contributed by atoms with Crippen LogP contribution < -0.4 is 16.0 Å². The standard InChI is InChI=1S/C24H28ClN3O2S/c25-18-12-10-16(11-13-18)14-19(17-6-2-1-3-7-17)26-22(29)9-5-4-8-21-23-20(15-31-21)27-24(30)28-23/h1-3,6-7,10-13,19-21,23H,4-5,8-9,14-15H2,(H,26,29)(H2,27,28,30)/t19-,20-,21-,23-/m0/s1. The Bertz CT molecular complexity index is 893. The summed E-state index contributed by atoms with van der Waals surface area (Å²) in [6.07, 6.45) is 4.09. The van der Waals surface area contributed by atoms with Crippen molar-refractivity contribution < 1.29 is 9.59 Å². The van der Waals surface area contributed by atoms with Gasteiger partial charge < -0.3 is 16.0 Å². The Morgan fingerprint density at radius 1 is 1.10 bits per heavy atom. The van der Waals surface area contributed by atoms with E-state index < -0.39 is 0 Å². The van der Waals surface area contributed by atoms with Crippen LogP contribution in [0.15, 0.2) is 54.6 Å². The molecule has 4 rings (SSSR count). The monoisotopic (exact) mass is 457 g/mol. The first-order chi connectivity index (χ1) is 15.1. The van der Waals surface area contributed by atoms with Crippen LogP contribution in [0.4, 0.5) is 4.79 Å². The molecular weight excluding hydrogens is 430 g/mol. The van der Waals surface area contributed by atoms with Gasteiger partial charge in [-0.2, -0.15) is 11.8 Å². The quantitative estimate of drug-likeness (QED) is 0.384. The van der Waals surface area contributed by atoms with E-state index in [1.165, 1.54) is 0 Å². The predicted octanol–water partition coefficient (Wildman–Crippen LogP) is 4.47. The van der Waals surface area contributed by atoms with Crippen LogP contribution in [0.25, 0.3) is 0 Å². The third kappa shape index (κ3) is 5.95. The Morgan fingerprint density at radius 2 is 1.87 bits per heavy atom. The summed E-state index contributed by atoms with van der Waals surface area (Å²) in [7, 11) is 0. The third-order valence-electron chi connectivity index (χ3n) is 5.97. The SMILES string of the molecule is O=C(CCCC[C@@H]1SC[C@@H]2NC(=O)N[C@@H]21)N[C@@H](Cc1ccc(Cl)cc1)c1ccccc1. The number of nitrogens with one attached hydrogen (secondary N) is 3. The van der Waals surface area contributed by atoms with E-state index in [1.807, 2.05) is 54.2 Å². The van der Waals surface area contributed by atoms with E-state index in [1.54, 1.807) is 0 Å². The fraction of sp³-hybridized carbons (Fsp3) is 0.417. The minimum absolute atomic E-state index is 0.0488. The molecule has 3 amide bonds. The van der Waals surface area contributed by atoms with Crippen molar-refractivity contribution in [2.45, 2.75) is 55.5 Å². The average Bonchev–Trinajstić information content (AvgIpc) is 3.32. The number of hydrogen-bond acceptors (Lipinski definition) is 3. The summed E-state index contributed by atoms with van der Waals surface area (Å²) in [6, 6.07) is 18.2. The Labute approximate surface area is 192 Å². The highest BCUT2D eigenvalue weighted by atomic mass is 35.5. The van der Waals surface area contributed by atoms with Gasteiger partial charge >= 0.3 is 6.03 Å². The first-order valence-corrected chi connectivity index (χ1v) is 12.3. The van der Waals surface area contributed by atoms with Crippen molar-refractivity contribution in [3.63, 3.8) is 0 Å². The molecular formula is C24H28ClN3O2S. The molecule has 7 heteroatoms. The van der Waals surface area contributed by atoms with Gasteiger partial charge in [0.15, 0.2) is 0 Å². The zero-order valence-corrected chi connectivity index (χ0v) is 18.9. The summed E-state index contributed by atoms with van der Waals surface area (Å²) in [5.74, 6) is 1.05. The maximum Gasteiger partial charge on any atom is 0.315 e. The molecule has 2 aromatic rings. The number of hydrogen-bond donors (Lipinski definition) is 3. The molecule has 0 bridgehead atoms. The highest BCUT2D eigenvalue weighted by Gasteiger charge is 2.42. The largest absolute Gasteiger partial charge is 0.349 e. The predicted molar refractivity (Wildman–Crippen MR) is 126 cm³/mol. The first-order valence-electron chi connectivity index (χ1n) is 10.9. The molecule has 2 aliphatic rings. The number of thioether (sulfide) groups is 1. The van der Waals surface area contributed by atoms with Gasteiger partial charge in [-0.05, 0) is 42.5 Å². The lowest BCUT2D eigenvalue weighted by atomic mass is 9.98. The molecule has 164 valence electrons. The molecule has 2 heterocycles. The maximum absolute atomic E-state index is 12.7. The Kier molecular flexibility index (Phi) is 7.41. The number of carbonyl (C=O) groups is 2. The van der Waals surface area contributed by atoms with Gasteiger partial charge in [-0.25, -0.2) is 4.79 Å². The van der Waals surface area contributed by atoms with Gasteiger partial charge in [-0.15, -0.1) is 0 Å². The summed E-state index contributed by atoms with van der Waals surface area (Å²) in [5, 5.41) is 10.4. The summed E-state index contributed by atoms with van der Waals surface area (Å²) in [4.78, 5) is 24.2. The van der Waals surface area contributed by atoms with Crippen LogP contribution in [-0.2, 0) is 11.2 Å². The number of halogens is 1. The van der Waals surface area contributed by atoms with E-state index in [0.29, 0.717) is 16.7 Å². The summed E-state index contributed by atoms with van der Waals surface area (Å²) < 4.78 is 0. The van der Waals surface area contributed by atoms with Gasteiger partial charge in [-0.1, -0.05) is 60.5 Å². The van der Waals surface area contributed by atoms with Crippen LogP contribution in [0.5, 0.6) is 0 Å². The second-order valence-electron chi connectivity index (χ2n) is 8.23. The summed E-state index contributed by atoms with van der Waals surface area (Å²) in [6.45, 7) is 0. The van der Waals surface area contributed by atoms with Crippen molar-refractivity contribution in [2.24, 2.45) is 0 Å². The Hall–Kier alpha value is -2.18. The molecule has 31 heavy (non-hydrogen) atoms. The molecule has 2 fully saturated rings. The molecule has 5 nitrogen and oxygen atoms in total. The van der Waals surface area contributed by atoms with Crippen molar-refractivity contribution in [3.8, 4) is 0 Å². The highest BCUT2D eigenvalue weighted by molar-refractivity contribution is 8.00. The van der Waals surface area contributed by atoms with Gasteiger partial charge in [0, 0.05) is 22.4 Å². The molecule has 0 spiro atoms. The maximum atomic E-state index is 12.7. The van der Waals surface area contributed by atoms with Gasteiger partial charge in [0.2, 0.25) is 5.91 Å². The van der Waals surface area contributed by atoms with Crippen molar-refractivity contribution in [3.05, 3.63) is 70.7 Å². The summed E-state index contributed by atoms with van der Waals surface area (Å²) in [5.41, 5.74) is 2.24. The topological polar surface area (TPSA) is 70.2 Å². The third-order valence-corrected chi connectivity index (χ3v) is 7.73. The smallest absolute Gasteiger partial charge is 0.315 e. The van der Waals surface area contributed by atoms with Crippen LogP contribution in [0.2, 0.25) is 5.02 Å². The Morgan fingerprint density at radius 3 is 2.65 bits per heavy atom. The van der Waals surface area contributed by atoms with Crippen LogP contribution in [-0.4, -0.2) is 35.0 Å². The van der Waals surface area contributed by atoms with E-state index >= 15 is 0 Å². The molecule has 2 saturated heterocycles. The van der Waals surface area contributed by atoms with Gasteiger partial charge in [-0.3, -0.25) is 4.79 Å². The molecule has 2 aromatic carbocycles. The molecule has 0 aromatic heterocycles. The van der Waals surface area contributed by atoms with E-state index in [4.69, 9.17) is 11.6 Å². The van der Waals surface area contributed by atoms with Crippen LogP contribution >= 0.6 is 23.4 Å². The molecule has 0 saturated carbocycles. The lowest BCUT2D eigenvalue weighted by molar-refractivity contribution is -0.122. The van der Waals surface area contributed by atoms with Crippen molar-refractivity contribution in [2.75, 3.05) is 5.75 Å². The number of carbonyl (C=O) groups excluding carboxylic acids is 2. The number of unbranched alkanes of at least 4 members (excludes halogenated alkanes) is 1. The Balaban J connectivity index is 1.26. The van der Waals surface area contributed by atoms with Crippen molar-refractivity contribution in [1.82, 2.24) is 16.0 Å². The minimum atomic E-state index is -0.0687. The van der Waals surface area contributed by atoms with Gasteiger partial charge in [0.05, 0.1) is 18.1 Å². The van der Waals surface area contributed by atoms with E-state index in [-0.39, 0.29) is 30.1 Å². The molecule has 4 atom stereocenters. The van der Waals surface area contributed by atoms with Crippen molar-refractivity contribution in [1.29, 1.82) is 0 Å². The van der Waals surface area contributed by atoms with E-state index in [2.05, 4.69) is 28.1 Å². The minimum Gasteiger partial charge on any atom is -0.349 e. The van der Waals surface area contributed by atoms with Crippen LogP contribution in [0, 0.1) is 0 Å². The highest BCUT2D eigenvalue weighted by Crippen LogP contribution is 2.33. The zero-order valence-electron chi connectivity index (χ0n) is 17.4. The summed E-state index contributed by atoms with van der Waals surface area (Å²) >= 11 is 7.93. The van der Waals surface area contributed by atoms with Gasteiger partial charge in [0.25, 0.3) is 0 Å². The lowest BCUT2D eigenvalue weighted by Gasteiger charge is -2.20. The number of benzene rings is 2. The average molecular weight is 458 g/mol. The van der Waals surface area contributed by atoms with E-state index in [0.717, 1.165) is 42.6 Å². The van der Waals surface area contributed by atoms with Crippen molar-refractivity contribution >= 4 is 35.3 Å². The first kappa shape index (κ1) is 22.0. The number of amides is 3. The second-order valence-corrected chi connectivity index (χ2v) is 9.94. The number of urea groups is 1. The second kappa shape index (κ2) is 10.4. The van der Waals surface area contributed by atoms with Crippen LogP contribution in [0.1, 0.15) is 42.9 Å². The lowest BCUT2D eigenvalue weighted by Crippen LogP contribution is -2.36. The fourth-order valence-corrected chi connectivity index (χ4v) is 6.00.